The van der Waals surface area contributed by atoms with Gasteiger partial charge in [-0.05, 0) is 12.8 Å². The van der Waals surface area contributed by atoms with E-state index in [0.29, 0.717) is 18.9 Å². The summed E-state index contributed by atoms with van der Waals surface area (Å²) in [5.74, 6) is -1.79. The van der Waals surface area contributed by atoms with Gasteiger partial charge in [0.05, 0.1) is 16.6 Å². The highest BCUT2D eigenvalue weighted by Crippen LogP contribution is 2.49. The van der Waals surface area contributed by atoms with Gasteiger partial charge in [-0.1, -0.05) is 0 Å². The standard InChI is InChI=1S/C9H8FNO4/c10-7-4-5(11(14)15)3-6(8(7)12)9(13)1-2-9/h3-4,12-13H,1-2H2. The SMILES string of the molecule is O=[N+]([O-])c1cc(F)c(O)c(C2(O)CC2)c1. The monoisotopic (exact) mass is 213 g/mol. The van der Waals surface area contributed by atoms with Crippen molar-refractivity contribution in [3.05, 3.63) is 33.6 Å². The summed E-state index contributed by atoms with van der Waals surface area (Å²) in [5.41, 5.74) is -1.87. The van der Waals surface area contributed by atoms with Crippen molar-refractivity contribution in [2.75, 3.05) is 0 Å². The zero-order valence-electron chi connectivity index (χ0n) is 7.61. The number of nitrogens with zero attached hydrogens (tertiary/aromatic N) is 1. The molecular formula is C9H8FNO4. The molecule has 0 amide bonds. The Bertz CT molecular complexity index is 442. The lowest BCUT2D eigenvalue weighted by Crippen LogP contribution is -2.06. The molecule has 1 aromatic carbocycles. The van der Waals surface area contributed by atoms with Gasteiger partial charge in [-0.25, -0.2) is 4.39 Å². The Morgan fingerprint density at radius 2 is 2.07 bits per heavy atom. The molecule has 0 spiro atoms. The van der Waals surface area contributed by atoms with E-state index in [1.54, 1.807) is 0 Å². The molecular weight excluding hydrogens is 205 g/mol. The van der Waals surface area contributed by atoms with E-state index >= 15 is 0 Å². The third-order valence-electron chi connectivity index (χ3n) is 2.48. The molecule has 1 aliphatic rings. The Kier molecular flexibility index (Phi) is 1.90. The molecule has 1 aliphatic carbocycles. The summed E-state index contributed by atoms with van der Waals surface area (Å²) >= 11 is 0. The Labute approximate surface area is 83.9 Å². The molecule has 0 heterocycles. The summed E-state index contributed by atoms with van der Waals surface area (Å²) in [6.45, 7) is 0. The van der Waals surface area contributed by atoms with E-state index < -0.39 is 27.8 Å². The van der Waals surface area contributed by atoms with Crippen LogP contribution in [0.5, 0.6) is 5.75 Å². The number of halogens is 1. The van der Waals surface area contributed by atoms with Crippen LogP contribution in [0.2, 0.25) is 0 Å². The van der Waals surface area contributed by atoms with Crippen LogP contribution < -0.4 is 0 Å². The van der Waals surface area contributed by atoms with Crippen molar-refractivity contribution in [1.82, 2.24) is 0 Å². The quantitative estimate of drug-likeness (QED) is 0.574. The molecule has 0 aliphatic heterocycles. The number of phenolic OH excluding ortho intramolecular Hbond substituents is 1. The summed E-state index contributed by atoms with van der Waals surface area (Å²) in [6.07, 6.45) is 0.752. The molecule has 0 bridgehead atoms. The molecule has 1 fully saturated rings. The largest absolute Gasteiger partial charge is 0.505 e. The van der Waals surface area contributed by atoms with E-state index in [1.165, 1.54) is 0 Å². The van der Waals surface area contributed by atoms with Crippen LogP contribution in [0.1, 0.15) is 18.4 Å². The number of rotatable bonds is 2. The molecule has 2 rings (SSSR count). The van der Waals surface area contributed by atoms with Gasteiger partial charge in [0.1, 0.15) is 0 Å². The Balaban J connectivity index is 2.58. The van der Waals surface area contributed by atoms with E-state index in [-0.39, 0.29) is 5.56 Å². The van der Waals surface area contributed by atoms with Gasteiger partial charge in [-0.15, -0.1) is 0 Å². The van der Waals surface area contributed by atoms with E-state index in [1.807, 2.05) is 0 Å². The van der Waals surface area contributed by atoms with Gasteiger partial charge in [0.15, 0.2) is 11.6 Å². The first-order chi connectivity index (χ1) is 6.94. The molecule has 1 saturated carbocycles. The number of benzene rings is 1. The predicted molar refractivity (Wildman–Crippen MR) is 47.9 cm³/mol. The maximum absolute atomic E-state index is 13.1. The third kappa shape index (κ3) is 1.52. The second-order valence-corrected chi connectivity index (χ2v) is 3.61. The predicted octanol–water partition coefficient (Wildman–Crippen LogP) is 1.42. The number of nitro groups is 1. The Morgan fingerprint density at radius 3 is 2.53 bits per heavy atom. The van der Waals surface area contributed by atoms with Gasteiger partial charge < -0.3 is 10.2 Å². The first-order valence-corrected chi connectivity index (χ1v) is 4.34. The van der Waals surface area contributed by atoms with E-state index in [4.69, 9.17) is 0 Å². The summed E-state index contributed by atoms with van der Waals surface area (Å²) in [7, 11) is 0. The van der Waals surface area contributed by atoms with Gasteiger partial charge in [-0.2, -0.15) is 0 Å². The minimum atomic E-state index is -1.29. The average Bonchev–Trinajstić information content (AvgIpc) is 2.89. The molecule has 5 nitrogen and oxygen atoms in total. The van der Waals surface area contributed by atoms with Gasteiger partial charge in [0, 0.05) is 11.6 Å². The number of phenols is 1. The fourth-order valence-electron chi connectivity index (χ4n) is 1.43. The van der Waals surface area contributed by atoms with Crippen molar-refractivity contribution in [1.29, 1.82) is 0 Å². The van der Waals surface area contributed by atoms with Crippen LogP contribution in [0.25, 0.3) is 0 Å². The maximum atomic E-state index is 13.1. The summed E-state index contributed by atoms with van der Waals surface area (Å²) in [4.78, 5) is 9.67. The van der Waals surface area contributed by atoms with Crippen LogP contribution in [0.4, 0.5) is 10.1 Å². The number of hydrogen-bond acceptors (Lipinski definition) is 4. The van der Waals surface area contributed by atoms with Crippen molar-refractivity contribution in [2.45, 2.75) is 18.4 Å². The van der Waals surface area contributed by atoms with Crippen molar-refractivity contribution in [2.24, 2.45) is 0 Å². The number of aliphatic hydroxyl groups is 1. The molecule has 2 N–H and O–H groups in total. The fourth-order valence-corrected chi connectivity index (χ4v) is 1.43. The van der Waals surface area contributed by atoms with Crippen molar-refractivity contribution in [3.8, 4) is 5.75 Å². The van der Waals surface area contributed by atoms with Gasteiger partial charge >= 0.3 is 0 Å². The Morgan fingerprint density at radius 1 is 1.47 bits per heavy atom. The number of non-ortho nitro benzene ring substituents is 1. The molecule has 6 heteroatoms. The van der Waals surface area contributed by atoms with Gasteiger partial charge in [0.2, 0.25) is 0 Å². The van der Waals surface area contributed by atoms with E-state index in [9.17, 15) is 24.7 Å². The van der Waals surface area contributed by atoms with Crippen LogP contribution in [-0.2, 0) is 5.60 Å². The first kappa shape index (κ1) is 9.85. The number of hydrogen-bond donors (Lipinski definition) is 2. The average molecular weight is 213 g/mol. The van der Waals surface area contributed by atoms with E-state index in [0.717, 1.165) is 6.07 Å². The van der Waals surface area contributed by atoms with Crippen LogP contribution in [-0.4, -0.2) is 15.1 Å². The first-order valence-electron chi connectivity index (χ1n) is 4.34. The minimum absolute atomic E-state index is 0.103. The molecule has 0 unspecified atom stereocenters. The minimum Gasteiger partial charge on any atom is -0.505 e. The summed E-state index contributed by atoms with van der Waals surface area (Å²) < 4.78 is 13.1. The van der Waals surface area contributed by atoms with Crippen molar-refractivity contribution in [3.63, 3.8) is 0 Å². The van der Waals surface area contributed by atoms with Crippen molar-refractivity contribution < 1.29 is 19.5 Å². The highest BCUT2D eigenvalue weighted by molar-refractivity contribution is 5.48. The maximum Gasteiger partial charge on any atom is 0.273 e. The molecule has 80 valence electrons. The highest BCUT2D eigenvalue weighted by atomic mass is 19.1. The van der Waals surface area contributed by atoms with Crippen LogP contribution in [0.15, 0.2) is 12.1 Å². The molecule has 0 aromatic heterocycles. The van der Waals surface area contributed by atoms with Crippen molar-refractivity contribution >= 4 is 5.69 Å². The second kappa shape index (κ2) is 2.90. The lowest BCUT2D eigenvalue weighted by Gasteiger charge is -2.10. The normalized spacial score (nSPS) is 17.5. The topological polar surface area (TPSA) is 83.6 Å². The van der Waals surface area contributed by atoms with Gasteiger partial charge in [0.25, 0.3) is 5.69 Å². The molecule has 0 radical (unpaired) electrons. The number of nitro benzene ring substituents is 1. The zero-order chi connectivity index (χ0) is 11.2. The zero-order valence-corrected chi connectivity index (χ0v) is 7.61. The fraction of sp³-hybridized carbons (Fsp3) is 0.333. The lowest BCUT2D eigenvalue weighted by molar-refractivity contribution is -0.385. The molecule has 0 atom stereocenters. The highest BCUT2D eigenvalue weighted by Gasteiger charge is 2.45. The van der Waals surface area contributed by atoms with Crippen LogP contribution in [0, 0.1) is 15.9 Å². The van der Waals surface area contributed by atoms with Crippen LogP contribution >= 0.6 is 0 Å². The second-order valence-electron chi connectivity index (χ2n) is 3.61. The van der Waals surface area contributed by atoms with Crippen LogP contribution in [0.3, 0.4) is 0 Å². The molecule has 15 heavy (non-hydrogen) atoms. The lowest BCUT2D eigenvalue weighted by atomic mass is 10.1. The summed E-state index contributed by atoms with van der Waals surface area (Å²) in [6, 6.07) is 1.63. The van der Waals surface area contributed by atoms with Gasteiger partial charge in [-0.3, -0.25) is 10.1 Å². The molecule has 0 saturated heterocycles. The molecule has 1 aromatic rings. The Hall–Kier alpha value is -1.69. The number of aromatic hydroxyl groups is 1. The van der Waals surface area contributed by atoms with E-state index in [2.05, 4.69) is 0 Å². The third-order valence-corrected chi connectivity index (χ3v) is 2.48. The summed E-state index contributed by atoms with van der Waals surface area (Å²) in [5, 5.41) is 29.4. The smallest absolute Gasteiger partial charge is 0.273 e.